The molecule has 0 aliphatic carbocycles. The third-order valence-electron chi connectivity index (χ3n) is 4.87. The third kappa shape index (κ3) is 5.26. The molecule has 3 aromatic carbocycles. The van der Waals surface area contributed by atoms with Gasteiger partial charge in [0.2, 0.25) is 0 Å². The molecule has 0 aromatic heterocycles. The van der Waals surface area contributed by atoms with Crippen LogP contribution in [0.4, 0.5) is 0 Å². The molecule has 0 aliphatic rings. The van der Waals surface area contributed by atoms with Crippen LogP contribution in [0.2, 0.25) is 0 Å². The van der Waals surface area contributed by atoms with E-state index in [2.05, 4.69) is 80.6 Å². The Balaban J connectivity index is 1.64. The molecule has 3 heteroatoms. The topological polar surface area (TPSA) is 26.3 Å². The maximum Gasteiger partial charge on any atom is 0.305 e. The van der Waals surface area contributed by atoms with Crippen LogP contribution in [0.1, 0.15) is 28.7 Å². The smallest absolute Gasteiger partial charge is 0.305 e. The van der Waals surface area contributed by atoms with Crippen molar-refractivity contribution < 1.29 is 9.53 Å². The van der Waals surface area contributed by atoms with Gasteiger partial charge in [-0.25, -0.2) is 0 Å². The molecule has 0 radical (unpaired) electrons. The van der Waals surface area contributed by atoms with Gasteiger partial charge >= 0.3 is 5.97 Å². The molecule has 3 aromatic rings. The number of hydrogen-bond acceptors (Lipinski definition) is 3. The van der Waals surface area contributed by atoms with Crippen LogP contribution in [0.3, 0.4) is 0 Å². The number of ether oxygens (including phenoxy) is 1. The highest BCUT2D eigenvalue weighted by molar-refractivity contribution is 7.98. The summed E-state index contributed by atoms with van der Waals surface area (Å²) in [6.45, 7) is 4.34. The second kappa shape index (κ2) is 9.61. The number of carbonyl (C=O) groups is 1. The Bertz CT molecular complexity index is 925. The van der Waals surface area contributed by atoms with Crippen molar-refractivity contribution in [3.05, 3.63) is 89.0 Å². The molecule has 0 fully saturated rings. The van der Waals surface area contributed by atoms with Crippen LogP contribution in [0, 0.1) is 13.8 Å². The molecule has 0 N–H and O–H groups in total. The third-order valence-corrected chi connectivity index (χ3v) is 5.95. The molecule has 0 amide bonds. The number of thioether (sulfide) groups is 1. The van der Waals surface area contributed by atoms with Gasteiger partial charge in [0.25, 0.3) is 0 Å². The van der Waals surface area contributed by atoms with E-state index in [9.17, 15) is 4.79 Å². The molecule has 2 nitrogen and oxygen atoms in total. The molecule has 0 heterocycles. The van der Waals surface area contributed by atoms with Gasteiger partial charge < -0.3 is 4.74 Å². The Hall–Kier alpha value is -2.52. The first-order valence-corrected chi connectivity index (χ1v) is 10.5. The van der Waals surface area contributed by atoms with Crippen LogP contribution in [0.25, 0.3) is 11.1 Å². The quantitative estimate of drug-likeness (QED) is 0.346. The summed E-state index contributed by atoms with van der Waals surface area (Å²) in [6.07, 6.45) is 1.14. The Morgan fingerprint density at radius 2 is 1.57 bits per heavy atom. The van der Waals surface area contributed by atoms with Gasteiger partial charge in [-0.1, -0.05) is 54.6 Å². The fourth-order valence-corrected chi connectivity index (χ4v) is 4.20. The average Bonchev–Trinajstić information content (AvgIpc) is 2.71. The molecular formula is C25H26O2S. The van der Waals surface area contributed by atoms with Crippen LogP contribution in [0.5, 0.6) is 0 Å². The fourth-order valence-electron chi connectivity index (χ4n) is 3.35. The zero-order chi connectivity index (χ0) is 19.9. The molecule has 28 heavy (non-hydrogen) atoms. The summed E-state index contributed by atoms with van der Waals surface area (Å²) < 4.78 is 4.70. The summed E-state index contributed by atoms with van der Waals surface area (Å²) in [7, 11) is 1.43. The van der Waals surface area contributed by atoms with E-state index in [1.807, 2.05) is 11.8 Å². The number of rotatable bonds is 7. The minimum atomic E-state index is -0.165. The van der Waals surface area contributed by atoms with Crippen LogP contribution >= 0.6 is 11.8 Å². The predicted octanol–water partition coefficient (Wildman–Crippen LogP) is 6.37. The highest BCUT2D eigenvalue weighted by Gasteiger charge is 2.07. The predicted molar refractivity (Wildman–Crippen MR) is 118 cm³/mol. The van der Waals surface area contributed by atoms with Gasteiger partial charge in [-0.05, 0) is 65.8 Å². The summed E-state index contributed by atoms with van der Waals surface area (Å²) in [5.74, 6) is 0.766. The summed E-state index contributed by atoms with van der Waals surface area (Å²) in [4.78, 5) is 12.5. The number of methoxy groups -OCH3 is 1. The first-order valence-electron chi connectivity index (χ1n) is 9.51. The van der Waals surface area contributed by atoms with Crippen LogP contribution in [-0.4, -0.2) is 13.1 Å². The Labute approximate surface area is 171 Å². The lowest BCUT2D eigenvalue weighted by molar-refractivity contribution is -0.140. The second-order valence-electron chi connectivity index (χ2n) is 6.98. The van der Waals surface area contributed by atoms with E-state index >= 15 is 0 Å². The largest absolute Gasteiger partial charge is 0.469 e. The van der Waals surface area contributed by atoms with Gasteiger partial charge in [0, 0.05) is 17.1 Å². The summed E-state index contributed by atoms with van der Waals surface area (Å²) in [6, 6.07) is 23.7. The van der Waals surface area contributed by atoms with E-state index in [0.29, 0.717) is 6.42 Å². The van der Waals surface area contributed by atoms with E-state index in [0.717, 1.165) is 17.7 Å². The van der Waals surface area contributed by atoms with Crippen molar-refractivity contribution in [3.63, 3.8) is 0 Å². The summed E-state index contributed by atoms with van der Waals surface area (Å²) in [5.41, 5.74) is 7.72. The summed E-state index contributed by atoms with van der Waals surface area (Å²) in [5, 5.41) is 0. The van der Waals surface area contributed by atoms with Crippen LogP contribution in [0.15, 0.2) is 71.6 Å². The molecular weight excluding hydrogens is 364 g/mol. The molecule has 0 aliphatic heterocycles. The zero-order valence-electron chi connectivity index (χ0n) is 16.7. The number of aryl methyl sites for hydroxylation is 3. The minimum Gasteiger partial charge on any atom is -0.469 e. The molecule has 0 unspecified atom stereocenters. The number of esters is 1. The van der Waals surface area contributed by atoms with E-state index in [4.69, 9.17) is 4.74 Å². The van der Waals surface area contributed by atoms with Gasteiger partial charge in [0.1, 0.15) is 0 Å². The SMILES string of the molecule is COC(=O)CCc1ccc(SCc2cccc(-c3c(C)cccc3C)c2)cc1. The monoisotopic (exact) mass is 390 g/mol. The lowest BCUT2D eigenvalue weighted by Crippen LogP contribution is -2.01. The molecule has 144 valence electrons. The first kappa shape index (κ1) is 20.2. The molecule has 0 spiro atoms. The van der Waals surface area contributed by atoms with Gasteiger partial charge in [0.15, 0.2) is 0 Å². The molecule has 0 bridgehead atoms. The van der Waals surface area contributed by atoms with Gasteiger partial charge in [-0.15, -0.1) is 11.8 Å². The van der Waals surface area contributed by atoms with Crippen molar-refractivity contribution >= 4 is 17.7 Å². The fraction of sp³-hybridized carbons (Fsp3) is 0.240. The number of carbonyl (C=O) groups excluding carboxylic acids is 1. The highest BCUT2D eigenvalue weighted by atomic mass is 32.2. The second-order valence-corrected chi connectivity index (χ2v) is 8.02. The van der Waals surface area contributed by atoms with Crippen LogP contribution in [-0.2, 0) is 21.7 Å². The van der Waals surface area contributed by atoms with Crippen molar-refractivity contribution in [1.29, 1.82) is 0 Å². The molecule has 0 saturated carbocycles. The molecule has 3 rings (SSSR count). The van der Waals surface area contributed by atoms with Crippen molar-refractivity contribution in [3.8, 4) is 11.1 Å². The summed E-state index contributed by atoms with van der Waals surface area (Å²) >= 11 is 1.83. The Kier molecular flexibility index (Phi) is 6.94. The molecule has 0 atom stereocenters. The number of hydrogen-bond donors (Lipinski definition) is 0. The van der Waals surface area contributed by atoms with E-state index in [-0.39, 0.29) is 5.97 Å². The highest BCUT2D eigenvalue weighted by Crippen LogP contribution is 2.30. The van der Waals surface area contributed by atoms with Gasteiger partial charge in [-0.2, -0.15) is 0 Å². The van der Waals surface area contributed by atoms with Crippen molar-refractivity contribution in [1.82, 2.24) is 0 Å². The first-order chi connectivity index (χ1) is 13.6. The number of benzene rings is 3. The van der Waals surface area contributed by atoms with Crippen molar-refractivity contribution in [2.24, 2.45) is 0 Å². The standard InChI is InChI=1S/C25H26O2S/c1-18-6-4-7-19(2)25(18)22-9-5-8-21(16-22)17-28-23-13-10-20(11-14-23)12-15-24(26)27-3/h4-11,13-14,16H,12,15,17H2,1-3H3. The van der Waals surface area contributed by atoms with E-state index in [1.165, 1.54) is 39.8 Å². The zero-order valence-corrected chi connectivity index (χ0v) is 17.5. The van der Waals surface area contributed by atoms with E-state index < -0.39 is 0 Å². The minimum absolute atomic E-state index is 0.165. The maximum atomic E-state index is 11.3. The van der Waals surface area contributed by atoms with E-state index in [1.54, 1.807) is 0 Å². The van der Waals surface area contributed by atoms with Crippen molar-refractivity contribution in [2.75, 3.05) is 7.11 Å². The maximum absolute atomic E-state index is 11.3. The Morgan fingerprint density at radius 1 is 0.893 bits per heavy atom. The van der Waals surface area contributed by atoms with Crippen LogP contribution < -0.4 is 0 Å². The van der Waals surface area contributed by atoms with Gasteiger partial charge in [0.05, 0.1) is 7.11 Å². The van der Waals surface area contributed by atoms with Gasteiger partial charge in [-0.3, -0.25) is 4.79 Å². The average molecular weight is 391 g/mol. The van der Waals surface area contributed by atoms with Crippen molar-refractivity contribution in [2.45, 2.75) is 37.3 Å². The lowest BCUT2D eigenvalue weighted by atomic mass is 9.95. The Morgan fingerprint density at radius 3 is 2.25 bits per heavy atom. The lowest BCUT2D eigenvalue weighted by Gasteiger charge is -2.11. The molecule has 0 saturated heterocycles. The normalized spacial score (nSPS) is 10.7.